The maximum Gasteiger partial charge on any atom is 0.264 e. The molecule has 0 aliphatic heterocycles. The number of hydrogen-bond acceptors (Lipinski definition) is 4. The Morgan fingerprint density at radius 1 is 0.972 bits per heavy atom. The van der Waals surface area contributed by atoms with E-state index in [2.05, 4.69) is 10.5 Å². The average molecular weight is 505 g/mol. The first-order valence-electron chi connectivity index (χ1n) is 11.2. The number of hydrazone groups is 1. The number of amides is 1. The van der Waals surface area contributed by atoms with Crippen LogP contribution in [0.4, 0.5) is 10.1 Å². The Hall–Kier alpha value is -4.24. The Bertz CT molecular complexity index is 1480. The van der Waals surface area contributed by atoms with Crippen molar-refractivity contribution in [1.29, 1.82) is 0 Å². The number of nitrogens with one attached hydrogen (secondary N) is 1. The highest BCUT2D eigenvalue weighted by Gasteiger charge is 2.26. The van der Waals surface area contributed by atoms with Gasteiger partial charge < -0.3 is 4.57 Å². The highest BCUT2D eigenvalue weighted by Crippen LogP contribution is 2.23. The van der Waals surface area contributed by atoms with E-state index in [1.807, 2.05) is 24.5 Å². The normalized spacial score (nSPS) is 11.5. The number of halogens is 1. The summed E-state index contributed by atoms with van der Waals surface area (Å²) in [5.74, 6) is -0.911. The van der Waals surface area contributed by atoms with Gasteiger partial charge in [0.1, 0.15) is 12.4 Å². The fraction of sp³-hybridized carbons (Fsp3) is 0.111. The van der Waals surface area contributed by atoms with Crippen molar-refractivity contribution in [2.45, 2.75) is 18.7 Å². The van der Waals surface area contributed by atoms with Crippen molar-refractivity contribution >= 4 is 27.8 Å². The summed E-state index contributed by atoms with van der Waals surface area (Å²) in [7, 11) is -3.98. The second-order valence-electron chi connectivity index (χ2n) is 8.09. The number of para-hydroxylation sites is 1. The first-order chi connectivity index (χ1) is 17.3. The molecule has 4 rings (SSSR count). The van der Waals surface area contributed by atoms with Crippen molar-refractivity contribution in [3.05, 3.63) is 114 Å². The quantitative estimate of drug-likeness (QED) is 0.282. The second-order valence-corrected chi connectivity index (χ2v) is 9.95. The van der Waals surface area contributed by atoms with Gasteiger partial charge in [-0.15, -0.1) is 0 Å². The lowest BCUT2D eigenvalue weighted by Crippen LogP contribution is -2.39. The third kappa shape index (κ3) is 5.36. The Morgan fingerprint density at radius 2 is 1.58 bits per heavy atom. The number of carbonyl (C=O) groups is 1. The van der Waals surface area contributed by atoms with Gasteiger partial charge in [0.2, 0.25) is 0 Å². The molecule has 4 aromatic rings. The van der Waals surface area contributed by atoms with Crippen LogP contribution in [0.15, 0.2) is 101 Å². The predicted molar refractivity (Wildman–Crippen MR) is 138 cm³/mol. The third-order valence-corrected chi connectivity index (χ3v) is 7.40. The molecule has 9 heteroatoms. The van der Waals surface area contributed by atoms with Gasteiger partial charge in [0.15, 0.2) is 0 Å². The van der Waals surface area contributed by atoms with Gasteiger partial charge >= 0.3 is 0 Å². The second kappa shape index (κ2) is 10.6. The van der Waals surface area contributed by atoms with Crippen LogP contribution < -0.4 is 9.73 Å². The van der Waals surface area contributed by atoms with Gasteiger partial charge in [-0.2, -0.15) is 5.10 Å². The van der Waals surface area contributed by atoms with Crippen molar-refractivity contribution in [2.24, 2.45) is 5.10 Å². The van der Waals surface area contributed by atoms with Crippen LogP contribution in [0.1, 0.15) is 17.0 Å². The molecule has 7 nitrogen and oxygen atoms in total. The lowest BCUT2D eigenvalue weighted by atomic mass is 10.2. The summed E-state index contributed by atoms with van der Waals surface area (Å²) in [6, 6.07) is 24.4. The van der Waals surface area contributed by atoms with Crippen LogP contribution in [0.2, 0.25) is 0 Å². The Morgan fingerprint density at radius 3 is 2.22 bits per heavy atom. The largest absolute Gasteiger partial charge is 0.318 e. The molecule has 1 N–H and O–H groups in total. The number of carbonyl (C=O) groups excluding carboxylic acids is 1. The summed E-state index contributed by atoms with van der Waals surface area (Å²) in [5, 5.41) is 4.05. The number of sulfonamides is 1. The van der Waals surface area contributed by atoms with Crippen LogP contribution in [0.5, 0.6) is 0 Å². The molecule has 0 aliphatic carbocycles. The summed E-state index contributed by atoms with van der Waals surface area (Å²) < 4.78 is 42.9. The molecule has 0 aliphatic rings. The number of benzene rings is 3. The molecule has 184 valence electrons. The minimum atomic E-state index is -3.98. The molecular weight excluding hydrogens is 479 g/mol. The summed E-state index contributed by atoms with van der Waals surface area (Å²) in [6.07, 6.45) is 1.50. The van der Waals surface area contributed by atoms with Crippen LogP contribution in [-0.2, 0) is 14.8 Å². The van der Waals surface area contributed by atoms with Crippen LogP contribution in [0.25, 0.3) is 5.69 Å². The van der Waals surface area contributed by atoms with E-state index in [0.29, 0.717) is 5.69 Å². The van der Waals surface area contributed by atoms with E-state index in [9.17, 15) is 17.6 Å². The smallest absolute Gasteiger partial charge is 0.264 e. The number of aryl methyl sites for hydroxylation is 1. The molecular formula is C27H25FN4O3S. The lowest BCUT2D eigenvalue weighted by molar-refractivity contribution is -0.119. The van der Waals surface area contributed by atoms with Crippen molar-refractivity contribution in [3.8, 4) is 5.69 Å². The van der Waals surface area contributed by atoms with Gasteiger partial charge in [0.05, 0.1) is 16.8 Å². The van der Waals surface area contributed by atoms with Crippen molar-refractivity contribution in [2.75, 3.05) is 10.8 Å². The number of rotatable bonds is 8. The molecule has 0 bridgehead atoms. The molecule has 0 spiro atoms. The average Bonchev–Trinajstić information content (AvgIpc) is 3.16. The van der Waals surface area contributed by atoms with Gasteiger partial charge in [-0.1, -0.05) is 36.4 Å². The van der Waals surface area contributed by atoms with Crippen LogP contribution in [0.3, 0.4) is 0 Å². The van der Waals surface area contributed by atoms with E-state index in [4.69, 9.17) is 0 Å². The zero-order chi connectivity index (χ0) is 25.7. The van der Waals surface area contributed by atoms with Crippen LogP contribution in [0, 0.1) is 19.7 Å². The number of anilines is 1. The summed E-state index contributed by atoms with van der Waals surface area (Å²) >= 11 is 0. The van der Waals surface area contributed by atoms with Crippen molar-refractivity contribution in [3.63, 3.8) is 0 Å². The van der Waals surface area contributed by atoms with E-state index in [1.165, 1.54) is 30.5 Å². The predicted octanol–water partition coefficient (Wildman–Crippen LogP) is 4.58. The summed E-state index contributed by atoms with van der Waals surface area (Å²) in [5.41, 5.74) is 6.12. The highest BCUT2D eigenvalue weighted by atomic mass is 32.2. The van der Waals surface area contributed by atoms with E-state index < -0.39 is 22.5 Å². The first-order valence-corrected chi connectivity index (χ1v) is 12.6. The van der Waals surface area contributed by atoms with E-state index >= 15 is 0 Å². The Kier molecular flexibility index (Phi) is 7.30. The molecule has 0 saturated heterocycles. The number of hydrogen-bond donors (Lipinski definition) is 1. The van der Waals surface area contributed by atoms with Gasteiger partial charge in [0.25, 0.3) is 15.9 Å². The minimum Gasteiger partial charge on any atom is -0.318 e. The van der Waals surface area contributed by atoms with Gasteiger partial charge in [-0.05, 0) is 68.4 Å². The monoisotopic (exact) mass is 504 g/mol. The third-order valence-electron chi connectivity index (χ3n) is 5.61. The molecule has 1 aromatic heterocycles. The van der Waals surface area contributed by atoms with E-state index in [1.54, 1.807) is 60.7 Å². The van der Waals surface area contributed by atoms with E-state index in [0.717, 1.165) is 26.9 Å². The molecule has 0 saturated carbocycles. The maximum atomic E-state index is 13.3. The highest BCUT2D eigenvalue weighted by molar-refractivity contribution is 7.92. The molecule has 1 amide bonds. The fourth-order valence-electron chi connectivity index (χ4n) is 3.87. The molecule has 0 radical (unpaired) electrons. The lowest BCUT2D eigenvalue weighted by Gasteiger charge is -2.23. The summed E-state index contributed by atoms with van der Waals surface area (Å²) in [6.45, 7) is 3.36. The zero-order valence-electron chi connectivity index (χ0n) is 19.8. The van der Waals surface area contributed by atoms with Crippen LogP contribution in [-0.4, -0.2) is 31.7 Å². The minimum absolute atomic E-state index is 0.0818. The first kappa shape index (κ1) is 24.9. The molecule has 36 heavy (non-hydrogen) atoms. The molecule has 0 atom stereocenters. The van der Waals surface area contributed by atoms with Crippen molar-refractivity contribution in [1.82, 2.24) is 9.99 Å². The zero-order valence-corrected chi connectivity index (χ0v) is 20.6. The standard InChI is InChI=1S/C27H25FN4O3S/c1-20-17-22(21(2)32(20)25-15-13-23(28)14-16-25)18-29-30-27(33)19-31(24-9-5-3-6-10-24)36(34,35)26-11-7-4-8-12-26/h3-18H,19H2,1-2H3,(H,30,33)/b29-18-. The molecule has 3 aromatic carbocycles. The fourth-order valence-corrected chi connectivity index (χ4v) is 5.32. The Labute approximate surface area is 209 Å². The molecule has 0 fully saturated rings. The van der Waals surface area contributed by atoms with Gasteiger partial charge in [-0.25, -0.2) is 18.2 Å². The number of aromatic nitrogens is 1. The van der Waals surface area contributed by atoms with Gasteiger partial charge in [0, 0.05) is 22.6 Å². The number of nitrogens with zero attached hydrogens (tertiary/aromatic N) is 3. The van der Waals surface area contributed by atoms with Crippen molar-refractivity contribution < 1.29 is 17.6 Å². The molecule has 0 unspecified atom stereocenters. The summed E-state index contributed by atoms with van der Waals surface area (Å²) in [4.78, 5) is 12.8. The van der Waals surface area contributed by atoms with E-state index in [-0.39, 0.29) is 10.7 Å². The van der Waals surface area contributed by atoms with Gasteiger partial charge in [-0.3, -0.25) is 9.10 Å². The Balaban J connectivity index is 1.52. The SMILES string of the molecule is Cc1cc(/C=N\NC(=O)CN(c2ccccc2)S(=O)(=O)c2ccccc2)c(C)n1-c1ccc(F)cc1. The van der Waals surface area contributed by atoms with Crippen LogP contribution >= 0.6 is 0 Å². The maximum absolute atomic E-state index is 13.3. The molecule has 1 heterocycles. The topological polar surface area (TPSA) is 83.8 Å².